The van der Waals surface area contributed by atoms with Crippen molar-refractivity contribution in [3.8, 4) is 62.9 Å². The molecule has 254 valence electrons. The van der Waals surface area contributed by atoms with Gasteiger partial charge in [-0.05, 0) is 30.3 Å². The minimum atomic E-state index is -1.80. The van der Waals surface area contributed by atoms with E-state index in [1.807, 2.05) is 0 Å². The van der Waals surface area contributed by atoms with Crippen molar-refractivity contribution < 1.29 is 72.7 Å². The molecule has 6 rings (SSSR count). The first kappa shape index (κ1) is 32.7. The molecule has 0 spiro atoms. The van der Waals surface area contributed by atoms with Crippen LogP contribution in [0.2, 0.25) is 0 Å². The van der Waals surface area contributed by atoms with E-state index in [0.29, 0.717) is 10.9 Å². The standard InChI is InChI=1S/C33H32O15/c1-41-20-5-13(6-21(42-2)26(20)36)17-11-16-25-18(45-17)9-15(35)10-19(25)46-31(14-7-22(43-3)27(37)23(8-14)44-4)32(16)48-33-30(40)29(39)28(38)24(12-34)47-33/h5-11,24,28-30,33-34,36-40H,12H2,1-4H3/p+1/t24-,28-,29+,30-,33+/m1/s1. The van der Waals surface area contributed by atoms with Gasteiger partial charge in [-0.1, -0.05) is 0 Å². The van der Waals surface area contributed by atoms with Gasteiger partial charge in [-0.15, -0.1) is 0 Å². The van der Waals surface area contributed by atoms with Crippen molar-refractivity contribution in [3.05, 3.63) is 47.9 Å². The molecular formula is C33H33O15+. The molecule has 15 nitrogen and oxygen atoms in total. The van der Waals surface area contributed by atoms with Gasteiger partial charge in [0.2, 0.25) is 17.8 Å². The van der Waals surface area contributed by atoms with Crippen LogP contribution in [0.25, 0.3) is 44.6 Å². The second kappa shape index (κ2) is 12.8. The largest absolute Gasteiger partial charge is 0.502 e. The maximum Gasteiger partial charge on any atom is 0.347 e. The maximum atomic E-state index is 10.9. The van der Waals surface area contributed by atoms with Crippen molar-refractivity contribution in [1.82, 2.24) is 0 Å². The van der Waals surface area contributed by atoms with Gasteiger partial charge in [0.05, 0.1) is 52.6 Å². The Kier molecular flexibility index (Phi) is 8.72. The quantitative estimate of drug-likeness (QED) is 0.124. The second-order valence-electron chi connectivity index (χ2n) is 10.9. The lowest BCUT2D eigenvalue weighted by atomic mass is 9.99. The SMILES string of the molecule is COc1cc(-c2cc3c(O[C@@H]4O[C@H](CO)[C@@H](O)[C@H](O)[C@H]4O)c(-c4cc(OC)c(O)c(OC)c4)oc4cc(=[OH+])cc(o2)c43)cc(OC)c1O. The number of phenolic OH excluding ortho intramolecular Hbond substituents is 2. The Hall–Kier alpha value is -5.19. The monoisotopic (exact) mass is 669 g/mol. The highest BCUT2D eigenvalue weighted by molar-refractivity contribution is 6.10. The van der Waals surface area contributed by atoms with Crippen molar-refractivity contribution in [3.63, 3.8) is 0 Å². The zero-order chi connectivity index (χ0) is 34.4. The third-order valence-corrected chi connectivity index (χ3v) is 8.07. The first-order valence-electron chi connectivity index (χ1n) is 14.5. The number of phenols is 2. The number of ether oxygens (including phenoxy) is 6. The van der Waals surface area contributed by atoms with Crippen LogP contribution in [0.1, 0.15) is 0 Å². The Morgan fingerprint density at radius 2 is 1.21 bits per heavy atom. The van der Waals surface area contributed by atoms with Gasteiger partial charge in [0.15, 0.2) is 34.5 Å². The minimum Gasteiger partial charge on any atom is -0.502 e. The van der Waals surface area contributed by atoms with Gasteiger partial charge in [0, 0.05) is 16.5 Å². The molecule has 7 N–H and O–H groups in total. The van der Waals surface area contributed by atoms with E-state index in [4.69, 9.17) is 37.3 Å². The van der Waals surface area contributed by atoms with Crippen LogP contribution in [0.15, 0.2) is 51.3 Å². The first-order valence-corrected chi connectivity index (χ1v) is 14.5. The summed E-state index contributed by atoms with van der Waals surface area (Å²) in [5.74, 6) is -0.346. The fraction of sp³-hybridized carbons (Fsp3) is 0.303. The van der Waals surface area contributed by atoms with E-state index >= 15 is 0 Å². The molecule has 48 heavy (non-hydrogen) atoms. The van der Waals surface area contributed by atoms with E-state index in [0.717, 1.165) is 0 Å². The van der Waals surface area contributed by atoms with Crippen LogP contribution in [0.5, 0.6) is 40.2 Å². The molecule has 1 saturated heterocycles. The van der Waals surface area contributed by atoms with E-state index in [9.17, 15) is 35.4 Å². The van der Waals surface area contributed by atoms with Crippen LogP contribution >= 0.6 is 0 Å². The normalized spacial score (nSPS) is 21.0. The number of aliphatic hydroxyl groups is 4. The Morgan fingerprint density at radius 1 is 0.688 bits per heavy atom. The summed E-state index contributed by atoms with van der Waals surface area (Å²) in [5, 5.41) is 63.4. The van der Waals surface area contributed by atoms with Crippen molar-refractivity contribution in [1.29, 1.82) is 0 Å². The number of hydrogen-bond acceptors (Lipinski definition) is 14. The van der Waals surface area contributed by atoms with Crippen LogP contribution in [-0.4, -0.2) is 101 Å². The minimum absolute atomic E-state index is 0.00604. The van der Waals surface area contributed by atoms with Crippen molar-refractivity contribution in [2.45, 2.75) is 30.7 Å². The molecule has 5 atom stereocenters. The number of hydrogen-bond donors (Lipinski definition) is 6. The molecule has 0 bridgehead atoms. The molecule has 3 aromatic carbocycles. The fourth-order valence-corrected chi connectivity index (χ4v) is 5.60. The van der Waals surface area contributed by atoms with Crippen LogP contribution < -0.4 is 29.1 Å². The highest BCUT2D eigenvalue weighted by atomic mass is 16.7. The molecule has 1 aliphatic heterocycles. The van der Waals surface area contributed by atoms with Crippen LogP contribution in [0, 0.1) is 0 Å². The molecule has 2 aromatic heterocycles. The smallest absolute Gasteiger partial charge is 0.347 e. The topological polar surface area (TPSA) is 224 Å². The molecule has 0 radical (unpaired) electrons. The van der Waals surface area contributed by atoms with Crippen molar-refractivity contribution in [2.75, 3.05) is 35.0 Å². The number of benzene rings is 3. The number of methoxy groups -OCH3 is 4. The predicted octanol–water partition coefficient (Wildman–Crippen LogP) is 2.14. The summed E-state index contributed by atoms with van der Waals surface area (Å²) in [4.78, 5) is 10.7. The summed E-state index contributed by atoms with van der Waals surface area (Å²) >= 11 is 0. The molecule has 1 fully saturated rings. The summed E-state index contributed by atoms with van der Waals surface area (Å²) < 4.78 is 45.8. The maximum absolute atomic E-state index is 10.9. The number of rotatable bonds is 9. The van der Waals surface area contributed by atoms with E-state index in [1.165, 1.54) is 64.8 Å². The highest BCUT2D eigenvalue weighted by Gasteiger charge is 2.45. The van der Waals surface area contributed by atoms with Gasteiger partial charge >= 0.3 is 5.43 Å². The predicted molar refractivity (Wildman–Crippen MR) is 166 cm³/mol. The van der Waals surface area contributed by atoms with Crippen LogP contribution in [-0.2, 0) is 4.74 Å². The summed E-state index contributed by atoms with van der Waals surface area (Å²) in [5.41, 5.74) is 0.636. The number of aromatic hydroxyl groups is 2. The first-order chi connectivity index (χ1) is 23.0. The van der Waals surface area contributed by atoms with Gasteiger partial charge in [0.1, 0.15) is 41.3 Å². The molecule has 0 unspecified atom stereocenters. The van der Waals surface area contributed by atoms with Gasteiger partial charge in [-0.3, -0.25) is 4.79 Å². The summed E-state index contributed by atoms with van der Waals surface area (Å²) in [6.45, 7) is -0.704. The zero-order valence-corrected chi connectivity index (χ0v) is 26.0. The molecule has 0 amide bonds. The molecule has 0 aliphatic carbocycles. The van der Waals surface area contributed by atoms with Crippen LogP contribution in [0.3, 0.4) is 0 Å². The van der Waals surface area contributed by atoms with Gasteiger partial charge in [-0.2, -0.15) is 0 Å². The lowest BCUT2D eigenvalue weighted by molar-refractivity contribution is -0.277. The second-order valence-corrected chi connectivity index (χ2v) is 10.9. The van der Waals surface area contributed by atoms with E-state index in [1.54, 1.807) is 6.07 Å². The van der Waals surface area contributed by atoms with E-state index in [2.05, 4.69) is 0 Å². The molecule has 1 aliphatic rings. The van der Waals surface area contributed by atoms with Gasteiger partial charge in [0.25, 0.3) is 0 Å². The Labute approximate surface area is 271 Å². The number of aliphatic hydroxyl groups excluding tert-OH is 4. The lowest BCUT2D eigenvalue weighted by Crippen LogP contribution is -2.60. The molecule has 0 saturated carbocycles. The highest BCUT2D eigenvalue weighted by Crippen LogP contribution is 2.48. The third kappa shape index (κ3) is 5.46. The fourth-order valence-electron chi connectivity index (χ4n) is 5.60. The van der Waals surface area contributed by atoms with E-state index in [-0.39, 0.29) is 79.3 Å². The van der Waals surface area contributed by atoms with Crippen LogP contribution in [0.4, 0.5) is 0 Å². The Balaban J connectivity index is 1.69. The Morgan fingerprint density at radius 3 is 1.73 bits per heavy atom. The molecule has 15 heteroatoms. The average Bonchev–Trinajstić information content (AvgIpc) is 3.09. The summed E-state index contributed by atoms with van der Waals surface area (Å²) in [7, 11) is 5.40. The Bertz CT molecular complexity index is 1970. The van der Waals surface area contributed by atoms with Crippen molar-refractivity contribution >= 4 is 21.9 Å². The zero-order valence-electron chi connectivity index (χ0n) is 26.0. The lowest BCUT2D eigenvalue weighted by Gasteiger charge is -2.39. The molecule has 5 aromatic rings. The summed E-state index contributed by atoms with van der Waals surface area (Å²) in [6.07, 6.45) is -8.15. The summed E-state index contributed by atoms with van der Waals surface area (Å²) in [6, 6.07) is 10.1. The average molecular weight is 670 g/mol. The van der Waals surface area contributed by atoms with Crippen molar-refractivity contribution in [2.24, 2.45) is 0 Å². The molecule has 3 heterocycles. The van der Waals surface area contributed by atoms with Gasteiger partial charge < -0.3 is 67.9 Å². The van der Waals surface area contributed by atoms with Gasteiger partial charge in [-0.25, -0.2) is 0 Å². The van der Waals surface area contributed by atoms with E-state index < -0.39 is 37.3 Å². The third-order valence-electron chi connectivity index (χ3n) is 8.07. The molecular weight excluding hydrogens is 636 g/mol.